The van der Waals surface area contributed by atoms with Gasteiger partial charge in [-0.2, -0.15) is 5.10 Å². The Hall–Kier alpha value is -2.29. The van der Waals surface area contributed by atoms with Gasteiger partial charge in [-0.3, -0.25) is 4.79 Å². The average molecular weight is 332 g/mol. The Morgan fingerprint density at radius 3 is 3.00 bits per heavy atom. The van der Waals surface area contributed by atoms with Crippen LogP contribution in [0.15, 0.2) is 12.7 Å². The van der Waals surface area contributed by atoms with Gasteiger partial charge in [0.2, 0.25) is 5.91 Å². The number of fused-ring (bicyclic) bond motifs is 1. The zero-order valence-electron chi connectivity index (χ0n) is 14.1. The van der Waals surface area contributed by atoms with E-state index in [-0.39, 0.29) is 18.5 Å². The predicted octanol–water partition coefficient (Wildman–Crippen LogP) is -0.0811. The number of nitrogens with zero attached hydrogens (tertiary/aromatic N) is 6. The fourth-order valence-corrected chi connectivity index (χ4v) is 2.95. The summed E-state index contributed by atoms with van der Waals surface area (Å²) in [5, 5.41) is 19.1. The predicted molar refractivity (Wildman–Crippen MR) is 87.0 cm³/mol. The van der Waals surface area contributed by atoms with E-state index in [1.807, 2.05) is 0 Å². The lowest BCUT2D eigenvalue weighted by molar-refractivity contribution is -0.122. The molecule has 1 aliphatic rings. The monoisotopic (exact) mass is 332 g/mol. The van der Waals surface area contributed by atoms with Crippen LogP contribution in [0.4, 0.5) is 0 Å². The molecule has 3 rings (SSSR count). The molecule has 0 bridgehead atoms. The van der Waals surface area contributed by atoms with E-state index in [1.165, 1.54) is 17.3 Å². The number of amides is 1. The van der Waals surface area contributed by atoms with Crippen LogP contribution in [0.5, 0.6) is 0 Å². The van der Waals surface area contributed by atoms with E-state index >= 15 is 0 Å². The molecule has 3 heterocycles. The van der Waals surface area contributed by atoms with Gasteiger partial charge < -0.3 is 15.2 Å². The molecule has 1 atom stereocenters. The highest BCUT2D eigenvalue weighted by molar-refractivity contribution is 5.76. The molecule has 9 heteroatoms. The number of hydrogen-bond acceptors (Lipinski definition) is 6. The van der Waals surface area contributed by atoms with Crippen molar-refractivity contribution in [2.45, 2.75) is 45.8 Å². The Morgan fingerprint density at radius 1 is 1.38 bits per heavy atom. The Morgan fingerprint density at radius 2 is 2.25 bits per heavy atom. The molecule has 1 amide bonds. The van der Waals surface area contributed by atoms with Crippen molar-refractivity contribution in [2.75, 3.05) is 13.1 Å². The van der Waals surface area contributed by atoms with Crippen LogP contribution in [0, 0.1) is 5.92 Å². The van der Waals surface area contributed by atoms with Gasteiger partial charge in [0.05, 0.1) is 6.04 Å². The van der Waals surface area contributed by atoms with Crippen molar-refractivity contribution < 1.29 is 4.79 Å². The van der Waals surface area contributed by atoms with Gasteiger partial charge in [-0.15, -0.1) is 10.2 Å². The number of nitrogens with one attached hydrogen (secondary N) is 2. The highest BCUT2D eigenvalue weighted by Gasteiger charge is 2.24. The summed E-state index contributed by atoms with van der Waals surface area (Å²) in [6, 6.07) is -0.152. The summed E-state index contributed by atoms with van der Waals surface area (Å²) >= 11 is 0. The SMILES string of the molecule is CC(C)C[C@@H](NC(=O)Cn1cncn1)c1nnc2n1CCNCC2. The Labute approximate surface area is 140 Å². The molecular formula is C15H24N8O. The molecule has 0 radical (unpaired) electrons. The fourth-order valence-electron chi connectivity index (χ4n) is 2.95. The first kappa shape index (κ1) is 16.6. The van der Waals surface area contributed by atoms with E-state index in [2.05, 4.69) is 49.3 Å². The topological polar surface area (TPSA) is 103 Å². The summed E-state index contributed by atoms with van der Waals surface area (Å²) in [6.07, 6.45) is 4.62. The molecule has 0 aromatic carbocycles. The van der Waals surface area contributed by atoms with Gasteiger partial charge in [-0.05, 0) is 12.3 Å². The van der Waals surface area contributed by atoms with Crippen LogP contribution in [0.2, 0.25) is 0 Å². The van der Waals surface area contributed by atoms with Crippen LogP contribution in [-0.4, -0.2) is 48.5 Å². The van der Waals surface area contributed by atoms with Crippen molar-refractivity contribution in [3.05, 3.63) is 24.3 Å². The summed E-state index contributed by atoms with van der Waals surface area (Å²) in [6.45, 7) is 7.04. The van der Waals surface area contributed by atoms with E-state index in [0.717, 1.165) is 44.1 Å². The minimum absolute atomic E-state index is 0.102. The zero-order valence-corrected chi connectivity index (χ0v) is 14.1. The highest BCUT2D eigenvalue weighted by Crippen LogP contribution is 2.21. The third-order valence-corrected chi connectivity index (χ3v) is 4.02. The number of aromatic nitrogens is 6. The van der Waals surface area contributed by atoms with Crippen LogP contribution < -0.4 is 10.6 Å². The van der Waals surface area contributed by atoms with Crippen LogP contribution in [0.3, 0.4) is 0 Å². The van der Waals surface area contributed by atoms with Gasteiger partial charge in [0.1, 0.15) is 25.0 Å². The first-order valence-corrected chi connectivity index (χ1v) is 8.38. The lowest BCUT2D eigenvalue weighted by atomic mass is 10.0. The van der Waals surface area contributed by atoms with Gasteiger partial charge >= 0.3 is 0 Å². The standard InChI is InChI=1S/C15H24N8O/c1-11(2)7-12(19-14(24)8-22-10-17-9-18-22)15-21-20-13-3-4-16-5-6-23(13)15/h9-12,16H,3-8H2,1-2H3,(H,19,24)/t12-/m1/s1. The number of rotatable bonds is 6. The largest absolute Gasteiger partial charge is 0.344 e. The third-order valence-electron chi connectivity index (χ3n) is 4.02. The lowest BCUT2D eigenvalue weighted by Crippen LogP contribution is -2.34. The highest BCUT2D eigenvalue weighted by atomic mass is 16.2. The maximum absolute atomic E-state index is 12.4. The molecule has 2 aromatic heterocycles. The van der Waals surface area contributed by atoms with E-state index in [4.69, 9.17) is 0 Å². The van der Waals surface area contributed by atoms with Crippen molar-refractivity contribution in [1.82, 2.24) is 40.2 Å². The van der Waals surface area contributed by atoms with Gasteiger partial charge in [-0.1, -0.05) is 13.8 Å². The van der Waals surface area contributed by atoms with Gasteiger partial charge in [0.15, 0.2) is 5.82 Å². The summed E-state index contributed by atoms with van der Waals surface area (Å²) in [4.78, 5) is 16.2. The molecule has 2 aromatic rings. The molecule has 24 heavy (non-hydrogen) atoms. The van der Waals surface area contributed by atoms with Crippen molar-refractivity contribution in [3.63, 3.8) is 0 Å². The Kier molecular flexibility index (Phi) is 5.19. The number of hydrogen-bond donors (Lipinski definition) is 2. The Balaban J connectivity index is 1.76. The molecule has 0 aliphatic carbocycles. The number of carbonyl (C=O) groups is 1. The van der Waals surface area contributed by atoms with Crippen molar-refractivity contribution in [2.24, 2.45) is 5.92 Å². The molecule has 0 unspecified atom stereocenters. The Bertz CT molecular complexity index is 663. The molecule has 0 saturated heterocycles. The molecule has 0 spiro atoms. The van der Waals surface area contributed by atoms with Crippen molar-refractivity contribution >= 4 is 5.91 Å². The van der Waals surface area contributed by atoms with Crippen molar-refractivity contribution in [3.8, 4) is 0 Å². The number of carbonyl (C=O) groups excluding carboxylic acids is 1. The summed E-state index contributed by atoms with van der Waals surface area (Å²) < 4.78 is 3.65. The summed E-state index contributed by atoms with van der Waals surface area (Å²) in [7, 11) is 0. The maximum atomic E-state index is 12.4. The van der Waals surface area contributed by atoms with Crippen LogP contribution in [0.1, 0.15) is 38.0 Å². The molecule has 2 N–H and O–H groups in total. The average Bonchev–Trinajstić information content (AvgIpc) is 3.11. The maximum Gasteiger partial charge on any atom is 0.242 e. The molecule has 0 saturated carbocycles. The summed E-state index contributed by atoms with van der Waals surface area (Å²) in [5.74, 6) is 2.15. The normalized spacial score (nSPS) is 15.8. The second-order valence-electron chi connectivity index (χ2n) is 6.47. The molecular weight excluding hydrogens is 308 g/mol. The molecule has 1 aliphatic heterocycles. The third kappa shape index (κ3) is 3.97. The zero-order chi connectivity index (χ0) is 16.9. The first-order valence-electron chi connectivity index (χ1n) is 8.38. The molecule has 130 valence electrons. The minimum Gasteiger partial charge on any atom is -0.344 e. The van der Waals surface area contributed by atoms with Crippen LogP contribution in [0.25, 0.3) is 0 Å². The van der Waals surface area contributed by atoms with Gasteiger partial charge in [-0.25, -0.2) is 9.67 Å². The minimum atomic E-state index is -0.152. The van der Waals surface area contributed by atoms with Crippen LogP contribution in [-0.2, 0) is 24.3 Å². The van der Waals surface area contributed by atoms with Crippen molar-refractivity contribution in [1.29, 1.82) is 0 Å². The lowest BCUT2D eigenvalue weighted by Gasteiger charge is -2.21. The van der Waals surface area contributed by atoms with E-state index < -0.39 is 0 Å². The van der Waals surface area contributed by atoms with E-state index in [0.29, 0.717) is 5.92 Å². The fraction of sp³-hybridized carbons (Fsp3) is 0.667. The second kappa shape index (κ2) is 7.52. The molecule has 9 nitrogen and oxygen atoms in total. The van der Waals surface area contributed by atoms with Gasteiger partial charge in [0, 0.05) is 26.1 Å². The summed E-state index contributed by atoms with van der Waals surface area (Å²) in [5.41, 5.74) is 0. The molecule has 0 fully saturated rings. The van der Waals surface area contributed by atoms with Crippen LogP contribution >= 0.6 is 0 Å². The first-order chi connectivity index (χ1) is 11.6. The van der Waals surface area contributed by atoms with E-state index in [9.17, 15) is 4.79 Å². The van der Waals surface area contributed by atoms with Gasteiger partial charge in [0.25, 0.3) is 0 Å². The van der Waals surface area contributed by atoms with E-state index in [1.54, 1.807) is 0 Å². The second-order valence-corrected chi connectivity index (χ2v) is 6.47. The smallest absolute Gasteiger partial charge is 0.242 e. The quantitative estimate of drug-likeness (QED) is 0.767.